The van der Waals surface area contributed by atoms with Crippen LogP contribution in [0.4, 0.5) is 4.79 Å². The first-order chi connectivity index (χ1) is 19.4. The highest BCUT2D eigenvalue weighted by Crippen LogP contribution is 2.35. The third-order valence-electron chi connectivity index (χ3n) is 7.18. The highest BCUT2D eigenvalue weighted by Gasteiger charge is 2.23. The zero-order valence-electron chi connectivity index (χ0n) is 22.9. The van der Waals surface area contributed by atoms with Gasteiger partial charge in [-0.1, -0.05) is 36.4 Å². The summed E-state index contributed by atoms with van der Waals surface area (Å²) in [5.74, 6) is 0.668. The van der Waals surface area contributed by atoms with Gasteiger partial charge in [-0.2, -0.15) is 5.10 Å². The van der Waals surface area contributed by atoms with Gasteiger partial charge >= 0.3 is 6.09 Å². The Hall–Kier alpha value is -3.95. The molecule has 3 atom stereocenters. The number of benzene rings is 2. The van der Waals surface area contributed by atoms with Crippen molar-refractivity contribution < 1.29 is 24.5 Å². The summed E-state index contributed by atoms with van der Waals surface area (Å²) in [5.41, 5.74) is 3.81. The van der Waals surface area contributed by atoms with Crippen LogP contribution in [0.15, 0.2) is 66.7 Å². The quantitative estimate of drug-likeness (QED) is 0.245. The standard InChI is InChI=1S/C31H36N4O5/c1-21(16-17-34(31(37)38)20-23-9-4-3-5-10-23)40-24-14-15-28-25(19-24)30(27-12-8-11-26(32-27)22(2)36)33-35(28)29-13-6-7-18-39-29/h3-5,8-12,14-15,19,21-22,29,36H,6-7,13,16-18,20H2,1-2H3,(H,37,38). The minimum Gasteiger partial charge on any atom is -0.491 e. The minimum atomic E-state index is -0.952. The predicted octanol–water partition coefficient (Wildman–Crippen LogP) is 6.19. The number of carboxylic acid groups (broad SMARTS) is 1. The average molecular weight is 545 g/mol. The van der Waals surface area contributed by atoms with E-state index in [1.54, 1.807) is 13.0 Å². The Morgan fingerprint density at radius 2 is 1.95 bits per heavy atom. The number of fused-ring (bicyclic) bond motifs is 1. The largest absolute Gasteiger partial charge is 0.491 e. The maximum absolute atomic E-state index is 11.8. The van der Waals surface area contributed by atoms with Gasteiger partial charge in [-0.25, -0.2) is 14.5 Å². The second-order valence-electron chi connectivity index (χ2n) is 10.3. The summed E-state index contributed by atoms with van der Waals surface area (Å²) >= 11 is 0. The lowest BCUT2D eigenvalue weighted by atomic mass is 10.1. The number of ether oxygens (including phenoxy) is 2. The van der Waals surface area contributed by atoms with E-state index in [0.29, 0.717) is 48.9 Å². The van der Waals surface area contributed by atoms with Crippen LogP contribution >= 0.6 is 0 Å². The molecule has 2 aromatic carbocycles. The second kappa shape index (κ2) is 12.5. The SMILES string of the molecule is CC(CCN(Cc1ccccc1)C(=O)O)Oc1ccc2c(c1)c(-c1cccc(C(C)O)n1)nn2C1CCCCO1. The van der Waals surface area contributed by atoms with E-state index in [2.05, 4.69) is 4.98 Å². The van der Waals surface area contributed by atoms with Crippen molar-refractivity contribution in [1.29, 1.82) is 0 Å². The topological polar surface area (TPSA) is 110 Å². The number of amides is 1. The summed E-state index contributed by atoms with van der Waals surface area (Å²) in [7, 11) is 0. The number of aliphatic hydroxyl groups is 1. The Labute approximate surface area is 234 Å². The van der Waals surface area contributed by atoms with Gasteiger partial charge in [-0.15, -0.1) is 0 Å². The molecule has 3 heterocycles. The van der Waals surface area contributed by atoms with Gasteiger partial charge in [-0.3, -0.25) is 0 Å². The molecular formula is C31H36N4O5. The molecule has 4 aromatic rings. The fourth-order valence-electron chi connectivity index (χ4n) is 5.01. The molecule has 2 N–H and O–H groups in total. The summed E-state index contributed by atoms with van der Waals surface area (Å²) < 4.78 is 14.2. The molecule has 0 aliphatic carbocycles. The number of rotatable bonds is 10. The monoisotopic (exact) mass is 544 g/mol. The van der Waals surface area contributed by atoms with Crippen molar-refractivity contribution in [2.24, 2.45) is 0 Å². The molecule has 5 rings (SSSR count). The van der Waals surface area contributed by atoms with Gasteiger partial charge in [0.25, 0.3) is 0 Å². The van der Waals surface area contributed by atoms with E-state index < -0.39 is 12.2 Å². The number of hydrogen-bond acceptors (Lipinski definition) is 6. The molecule has 1 amide bonds. The van der Waals surface area contributed by atoms with E-state index in [1.165, 1.54) is 4.90 Å². The van der Waals surface area contributed by atoms with Crippen molar-refractivity contribution in [3.05, 3.63) is 78.0 Å². The van der Waals surface area contributed by atoms with Crippen molar-refractivity contribution in [3.8, 4) is 17.1 Å². The van der Waals surface area contributed by atoms with Crippen LogP contribution in [0.2, 0.25) is 0 Å². The molecule has 1 aliphatic heterocycles. The molecule has 1 aliphatic rings. The van der Waals surface area contributed by atoms with Crippen LogP contribution in [0.25, 0.3) is 22.3 Å². The predicted molar refractivity (Wildman–Crippen MR) is 152 cm³/mol. The highest BCUT2D eigenvalue weighted by atomic mass is 16.5. The lowest BCUT2D eigenvalue weighted by Crippen LogP contribution is -2.32. The van der Waals surface area contributed by atoms with E-state index in [9.17, 15) is 15.0 Å². The second-order valence-corrected chi connectivity index (χ2v) is 10.3. The molecule has 2 aromatic heterocycles. The summed E-state index contributed by atoms with van der Waals surface area (Å²) in [5, 5.41) is 25.6. The van der Waals surface area contributed by atoms with E-state index in [-0.39, 0.29) is 12.3 Å². The fourth-order valence-corrected chi connectivity index (χ4v) is 5.01. The van der Waals surface area contributed by atoms with Crippen molar-refractivity contribution in [2.75, 3.05) is 13.2 Å². The average Bonchev–Trinajstić information content (AvgIpc) is 3.35. The molecule has 9 nitrogen and oxygen atoms in total. The summed E-state index contributed by atoms with van der Waals surface area (Å²) in [6, 6.07) is 21.0. The van der Waals surface area contributed by atoms with Crippen LogP contribution in [0.5, 0.6) is 5.75 Å². The van der Waals surface area contributed by atoms with E-state index in [4.69, 9.17) is 14.6 Å². The summed E-state index contributed by atoms with van der Waals surface area (Å²) in [4.78, 5) is 17.9. The first-order valence-corrected chi connectivity index (χ1v) is 13.9. The zero-order valence-corrected chi connectivity index (χ0v) is 22.9. The Kier molecular flexibility index (Phi) is 8.62. The van der Waals surface area contributed by atoms with Gasteiger partial charge in [0.15, 0.2) is 6.23 Å². The Balaban J connectivity index is 1.38. The first-order valence-electron chi connectivity index (χ1n) is 13.9. The van der Waals surface area contributed by atoms with Gasteiger partial charge in [0.05, 0.1) is 29.1 Å². The normalized spacial score (nSPS) is 16.9. The van der Waals surface area contributed by atoms with Gasteiger partial charge in [0.1, 0.15) is 11.4 Å². The number of aliphatic hydroxyl groups excluding tert-OH is 1. The van der Waals surface area contributed by atoms with Crippen molar-refractivity contribution in [1.82, 2.24) is 19.7 Å². The number of aromatic nitrogens is 3. The molecule has 40 heavy (non-hydrogen) atoms. The van der Waals surface area contributed by atoms with Gasteiger partial charge in [-0.05, 0) is 69.0 Å². The molecular weight excluding hydrogens is 508 g/mol. The van der Waals surface area contributed by atoms with E-state index >= 15 is 0 Å². The smallest absolute Gasteiger partial charge is 0.407 e. The summed E-state index contributed by atoms with van der Waals surface area (Å²) in [6.45, 7) is 5.02. The molecule has 0 saturated carbocycles. The Bertz CT molecular complexity index is 1430. The highest BCUT2D eigenvalue weighted by molar-refractivity contribution is 5.93. The minimum absolute atomic E-state index is 0.151. The number of pyridine rings is 1. The van der Waals surface area contributed by atoms with Gasteiger partial charge < -0.3 is 24.6 Å². The number of carbonyl (C=O) groups is 1. The lowest BCUT2D eigenvalue weighted by Gasteiger charge is -2.23. The Morgan fingerprint density at radius 1 is 1.12 bits per heavy atom. The molecule has 1 fully saturated rings. The first kappa shape index (κ1) is 27.6. The van der Waals surface area contributed by atoms with Crippen molar-refractivity contribution >= 4 is 17.0 Å². The molecule has 1 saturated heterocycles. The van der Waals surface area contributed by atoms with Crippen molar-refractivity contribution in [3.63, 3.8) is 0 Å². The van der Waals surface area contributed by atoms with Crippen LogP contribution in [-0.2, 0) is 11.3 Å². The third kappa shape index (κ3) is 6.43. The molecule has 9 heteroatoms. The molecule has 0 spiro atoms. The molecule has 210 valence electrons. The molecule has 0 radical (unpaired) electrons. The van der Waals surface area contributed by atoms with Crippen LogP contribution in [-0.4, -0.2) is 55.2 Å². The number of nitrogens with zero attached hydrogens (tertiary/aromatic N) is 4. The maximum atomic E-state index is 11.8. The van der Waals surface area contributed by atoms with Crippen LogP contribution in [0.1, 0.15) is 63.1 Å². The van der Waals surface area contributed by atoms with Gasteiger partial charge in [0, 0.05) is 31.5 Å². The fraction of sp³-hybridized carbons (Fsp3) is 0.387. The summed E-state index contributed by atoms with van der Waals surface area (Å²) in [6.07, 6.45) is 1.53. The van der Waals surface area contributed by atoms with Crippen LogP contribution in [0, 0.1) is 0 Å². The number of hydrogen-bond donors (Lipinski definition) is 2. The van der Waals surface area contributed by atoms with Crippen LogP contribution < -0.4 is 4.74 Å². The van der Waals surface area contributed by atoms with Crippen molar-refractivity contribution in [2.45, 2.75) is 64.5 Å². The maximum Gasteiger partial charge on any atom is 0.407 e. The lowest BCUT2D eigenvalue weighted by molar-refractivity contribution is -0.0365. The van der Waals surface area contributed by atoms with E-state index in [0.717, 1.165) is 35.7 Å². The van der Waals surface area contributed by atoms with E-state index in [1.807, 2.05) is 72.3 Å². The Morgan fingerprint density at radius 3 is 2.67 bits per heavy atom. The zero-order chi connectivity index (χ0) is 28.1. The molecule has 0 bridgehead atoms. The molecule has 3 unspecified atom stereocenters. The third-order valence-corrected chi connectivity index (χ3v) is 7.18. The van der Waals surface area contributed by atoms with Crippen LogP contribution in [0.3, 0.4) is 0 Å². The van der Waals surface area contributed by atoms with Gasteiger partial charge in [0.2, 0.25) is 0 Å².